The van der Waals surface area contributed by atoms with Gasteiger partial charge in [0.1, 0.15) is 0 Å². The molecular formula is C17H23N3O3S. The van der Waals surface area contributed by atoms with Gasteiger partial charge in [-0.1, -0.05) is 56.8 Å². The number of aliphatic carboxylic acids is 1. The van der Waals surface area contributed by atoms with Gasteiger partial charge in [-0.2, -0.15) is 5.10 Å². The molecule has 1 aromatic rings. The van der Waals surface area contributed by atoms with E-state index in [1.807, 2.05) is 12.1 Å². The Morgan fingerprint density at radius 1 is 1.38 bits per heavy atom. The number of amides is 1. The first kappa shape index (κ1) is 18.3. The second-order valence-corrected chi connectivity index (χ2v) is 8.06. The summed E-state index contributed by atoms with van der Waals surface area (Å²) in [7, 11) is 1.75. The highest BCUT2D eigenvalue weighted by molar-refractivity contribution is 8.01. The lowest BCUT2D eigenvalue weighted by Crippen LogP contribution is -2.36. The summed E-state index contributed by atoms with van der Waals surface area (Å²) in [6, 6.07) is 8.17. The monoisotopic (exact) mass is 349 g/mol. The molecule has 1 amide bonds. The van der Waals surface area contributed by atoms with Gasteiger partial charge in [-0.15, -0.1) is 0 Å². The Morgan fingerprint density at radius 2 is 2.00 bits per heavy atom. The molecule has 1 heterocycles. The Labute approximate surface area is 146 Å². The Balaban J connectivity index is 1.97. The summed E-state index contributed by atoms with van der Waals surface area (Å²) in [6.07, 6.45) is 1.54. The number of thioether (sulfide) groups is 1. The van der Waals surface area contributed by atoms with Gasteiger partial charge in [0.25, 0.3) is 0 Å². The Kier molecular flexibility index (Phi) is 5.54. The number of nitrogens with zero attached hydrogens (tertiary/aromatic N) is 2. The van der Waals surface area contributed by atoms with Crippen LogP contribution >= 0.6 is 11.8 Å². The van der Waals surface area contributed by atoms with E-state index in [-0.39, 0.29) is 23.2 Å². The Hall–Kier alpha value is -2.02. The number of benzene rings is 1. The van der Waals surface area contributed by atoms with E-state index >= 15 is 0 Å². The molecule has 130 valence electrons. The van der Waals surface area contributed by atoms with Crippen LogP contribution in [0.5, 0.6) is 0 Å². The number of carbonyl (C=O) groups excluding carboxylic acids is 1. The van der Waals surface area contributed by atoms with Crippen LogP contribution in [0.15, 0.2) is 29.4 Å². The number of hydrogen-bond acceptors (Lipinski definition) is 5. The van der Waals surface area contributed by atoms with Crippen molar-refractivity contribution in [3.05, 3.63) is 35.4 Å². The molecule has 1 saturated heterocycles. The zero-order valence-electron chi connectivity index (χ0n) is 14.3. The lowest BCUT2D eigenvalue weighted by molar-refractivity contribution is -0.138. The first-order valence-corrected chi connectivity index (χ1v) is 8.66. The standard InChI is InChI=1S/C17H23N3O3S/c1-17(2,3)12-7-5-11(6-8-12)10-18-20(4)16-19-15(23)13(24-16)9-14(21)22/h5-8,10,13,16H,9H2,1-4H3,(H,19,23)(H,21,22)/b18-10+. The molecular weight excluding hydrogens is 326 g/mol. The summed E-state index contributed by atoms with van der Waals surface area (Å²) in [5, 5.41) is 17.0. The van der Waals surface area contributed by atoms with Crippen LogP contribution in [-0.4, -0.2) is 46.0 Å². The fraction of sp³-hybridized carbons (Fsp3) is 0.471. The van der Waals surface area contributed by atoms with Crippen LogP contribution in [0, 0.1) is 0 Å². The summed E-state index contributed by atoms with van der Waals surface area (Å²) >= 11 is 1.27. The third kappa shape index (κ3) is 4.74. The maximum Gasteiger partial charge on any atom is 0.305 e. The van der Waals surface area contributed by atoms with Gasteiger partial charge in [0.15, 0.2) is 5.50 Å². The molecule has 1 aliphatic heterocycles. The molecule has 0 aliphatic carbocycles. The van der Waals surface area contributed by atoms with Gasteiger partial charge >= 0.3 is 5.97 Å². The number of rotatable bonds is 5. The minimum atomic E-state index is -0.978. The molecule has 6 nitrogen and oxygen atoms in total. The molecule has 7 heteroatoms. The molecule has 24 heavy (non-hydrogen) atoms. The van der Waals surface area contributed by atoms with Crippen molar-refractivity contribution < 1.29 is 14.7 Å². The van der Waals surface area contributed by atoms with Crippen LogP contribution in [0.4, 0.5) is 0 Å². The predicted molar refractivity (Wildman–Crippen MR) is 96.1 cm³/mol. The SMILES string of the molecule is CN(/N=C/c1ccc(C(C)(C)C)cc1)C1NC(=O)C(CC(=O)O)S1. The highest BCUT2D eigenvalue weighted by Crippen LogP contribution is 2.28. The Morgan fingerprint density at radius 3 is 2.54 bits per heavy atom. The molecule has 2 rings (SSSR count). The number of hydrogen-bond donors (Lipinski definition) is 2. The van der Waals surface area contributed by atoms with E-state index in [2.05, 4.69) is 43.3 Å². The van der Waals surface area contributed by atoms with Crippen molar-refractivity contribution in [1.82, 2.24) is 10.3 Å². The predicted octanol–water partition coefficient (Wildman–Crippen LogP) is 2.24. The van der Waals surface area contributed by atoms with Crippen molar-refractivity contribution in [2.24, 2.45) is 5.10 Å². The fourth-order valence-corrected chi connectivity index (χ4v) is 3.39. The van der Waals surface area contributed by atoms with Crippen molar-refractivity contribution in [3.63, 3.8) is 0 Å². The zero-order chi connectivity index (χ0) is 17.9. The van der Waals surface area contributed by atoms with Crippen LogP contribution < -0.4 is 5.32 Å². The summed E-state index contributed by atoms with van der Waals surface area (Å²) in [5.74, 6) is -1.24. The zero-order valence-corrected chi connectivity index (χ0v) is 15.1. The van der Waals surface area contributed by atoms with Gasteiger partial charge in [0.05, 0.1) is 17.9 Å². The smallest absolute Gasteiger partial charge is 0.305 e. The van der Waals surface area contributed by atoms with Gasteiger partial charge in [-0.05, 0) is 16.5 Å². The molecule has 0 radical (unpaired) electrons. The maximum atomic E-state index is 11.8. The lowest BCUT2D eigenvalue weighted by atomic mass is 9.87. The van der Waals surface area contributed by atoms with Crippen molar-refractivity contribution in [1.29, 1.82) is 0 Å². The second-order valence-electron chi connectivity index (χ2n) is 6.77. The highest BCUT2D eigenvalue weighted by Gasteiger charge is 2.36. The van der Waals surface area contributed by atoms with Gasteiger partial charge in [-0.3, -0.25) is 14.6 Å². The van der Waals surface area contributed by atoms with Crippen LogP contribution in [0.2, 0.25) is 0 Å². The van der Waals surface area contributed by atoms with E-state index in [0.29, 0.717) is 0 Å². The first-order valence-electron chi connectivity index (χ1n) is 7.72. The molecule has 0 saturated carbocycles. The number of carbonyl (C=O) groups is 2. The van der Waals surface area contributed by atoms with Crippen molar-refractivity contribution in [2.75, 3.05) is 7.05 Å². The number of carboxylic acids is 1. The molecule has 1 aliphatic rings. The highest BCUT2D eigenvalue weighted by atomic mass is 32.2. The van der Waals surface area contributed by atoms with E-state index in [1.54, 1.807) is 18.3 Å². The second kappa shape index (κ2) is 7.25. The summed E-state index contributed by atoms with van der Waals surface area (Å²) in [6.45, 7) is 6.49. The number of carboxylic acid groups (broad SMARTS) is 1. The molecule has 2 atom stereocenters. The fourth-order valence-electron chi connectivity index (χ4n) is 2.23. The molecule has 2 unspecified atom stereocenters. The van der Waals surface area contributed by atoms with Crippen LogP contribution in [0.25, 0.3) is 0 Å². The molecule has 1 aromatic carbocycles. The molecule has 0 aromatic heterocycles. The third-order valence-corrected chi connectivity index (χ3v) is 5.11. The van der Waals surface area contributed by atoms with E-state index in [4.69, 9.17) is 5.11 Å². The minimum absolute atomic E-state index is 0.108. The van der Waals surface area contributed by atoms with Crippen molar-refractivity contribution >= 4 is 29.9 Å². The average molecular weight is 349 g/mol. The first-order chi connectivity index (χ1) is 11.2. The van der Waals surface area contributed by atoms with Gasteiger partial charge in [-0.25, -0.2) is 0 Å². The molecule has 2 N–H and O–H groups in total. The largest absolute Gasteiger partial charge is 0.481 e. The van der Waals surface area contributed by atoms with E-state index < -0.39 is 11.2 Å². The van der Waals surface area contributed by atoms with Gasteiger partial charge in [0, 0.05) is 7.05 Å². The average Bonchev–Trinajstić information content (AvgIpc) is 2.85. The summed E-state index contributed by atoms with van der Waals surface area (Å²) in [4.78, 5) is 22.5. The topological polar surface area (TPSA) is 82.0 Å². The summed E-state index contributed by atoms with van der Waals surface area (Å²) < 4.78 is 0. The van der Waals surface area contributed by atoms with Crippen LogP contribution in [-0.2, 0) is 15.0 Å². The van der Waals surface area contributed by atoms with E-state index in [9.17, 15) is 9.59 Å². The van der Waals surface area contributed by atoms with E-state index in [0.717, 1.165) is 5.56 Å². The van der Waals surface area contributed by atoms with Crippen LogP contribution in [0.3, 0.4) is 0 Å². The van der Waals surface area contributed by atoms with Crippen LogP contribution in [0.1, 0.15) is 38.3 Å². The van der Waals surface area contributed by atoms with Gasteiger partial charge in [0.2, 0.25) is 5.91 Å². The number of hydrazone groups is 1. The lowest BCUT2D eigenvalue weighted by Gasteiger charge is -2.20. The maximum absolute atomic E-state index is 11.8. The normalized spacial score (nSPS) is 21.1. The third-order valence-electron chi connectivity index (χ3n) is 3.72. The number of nitrogens with one attached hydrogen (secondary N) is 1. The van der Waals surface area contributed by atoms with E-state index in [1.165, 1.54) is 17.3 Å². The Bertz CT molecular complexity index is 637. The van der Waals surface area contributed by atoms with Gasteiger partial charge < -0.3 is 10.4 Å². The molecule has 0 spiro atoms. The van der Waals surface area contributed by atoms with Crippen molar-refractivity contribution in [2.45, 2.75) is 43.4 Å². The molecule has 0 bridgehead atoms. The quantitative estimate of drug-likeness (QED) is 0.629. The minimum Gasteiger partial charge on any atom is -0.481 e. The summed E-state index contributed by atoms with van der Waals surface area (Å²) in [5.41, 5.74) is 1.97. The van der Waals surface area contributed by atoms with Crippen molar-refractivity contribution in [3.8, 4) is 0 Å². The molecule has 1 fully saturated rings.